The first-order valence-corrected chi connectivity index (χ1v) is 6.94. The Morgan fingerprint density at radius 1 is 1.50 bits per heavy atom. The number of carboxylic acids is 1. The molecule has 1 aliphatic heterocycles. The molecule has 1 aromatic carbocycles. The van der Waals surface area contributed by atoms with E-state index in [1.807, 2.05) is 0 Å². The number of carbonyl (C=O) groups is 1. The largest absolute Gasteiger partial charge is 0.490 e. The Morgan fingerprint density at radius 3 is 2.95 bits per heavy atom. The molecule has 2 rings (SSSR count). The summed E-state index contributed by atoms with van der Waals surface area (Å²) in [5.74, 6) is -1.64. The first-order valence-electron chi connectivity index (χ1n) is 6.94. The summed E-state index contributed by atoms with van der Waals surface area (Å²) in [6, 6.07) is 4.21. The summed E-state index contributed by atoms with van der Waals surface area (Å²) < 4.78 is 19.1. The summed E-state index contributed by atoms with van der Waals surface area (Å²) in [4.78, 5) is 13.0. The molecule has 0 spiro atoms. The highest BCUT2D eigenvalue weighted by molar-refractivity contribution is 5.87. The van der Waals surface area contributed by atoms with Crippen molar-refractivity contribution in [2.45, 2.75) is 31.7 Å². The van der Waals surface area contributed by atoms with Gasteiger partial charge in [-0.1, -0.05) is 6.42 Å². The van der Waals surface area contributed by atoms with Gasteiger partial charge in [-0.2, -0.15) is 0 Å². The molecule has 1 fully saturated rings. The van der Waals surface area contributed by atoms with Gasteiger partial charge in [0.15, 0.2) is 11.6 Å². The monoisotopic (exact) mass is 281 g/mol. The number of halogens is 1. The van der Waals surface area contributed by atoms with Crippen LogP contribution in [-0.2, 0) is 0 Å². The Labute approximate surface area is 118 Å². The molecule has 0 aromatic heterocycles. The van der Waals surface area contributed by atoms with Crippen molar-refractivity contribution in [2.75, 3.05) is 20.2 Å². The summed E-state index contributed by atoms with van der Waals surface area (Å²) in [6.07, 6.45) is 4.48. The predicted octanol–water partition coefficient (Wildman–Crippen LogP) is 2.78. The van der Waals surface area contributed by atoms with Crippen molar-refractivity contribution >= 4 is 5.97 Å². The third kappa shape index (κ3) is 3.70. The van der Waals surface area contributed by atoms with E-state index in [4.69, 9.17) is 9.84 Å². The van der Waals surface area contributed by atoms with Gasteiger partial charge in [-0.15, -0.1) is 0 Å². The Kier molecular flexibility index (Phi) is 4.95. The molecule has 0 bridgehead atoms. The molecule has 1 N–H and O–H groups in total. The fraction of sp³-hybridized carbons (Fsp3) is 0.533. The molecule has 5 heteroatoms. The van der Waals surface area contributed by atoms with E-state index in [1.165, 1.54) is 25.0 Å². The van der Waals surface area contributed by atoms with Gasteiger partial charge >= 0.3 is 5.97 Å². The highest BCUT2D eigenvalue weighted by atomic mass is 19.1. The Balaban J connectivity index is 1.86. The molecule has 1 aliphatic rings. The van der Waals surface area contributed by atoms with Crippen molar-refractivity contribution in [3.8, 4) is 5.75 Å². The van der Waals surface area contributed by atoms with Gasteiger partial charge in [-0.25, -0.2) is 9.18 Å². The topological polar surface area (TPSA) is 49.8 Å². The SMILES string of the molecule is CN1CCCCC1CCOc1ccc(C(=O)O)cc1F. The van der Waals surface area contributed by atoms with E-state index < -0.39 is 11.8 Å². The smallest absolute Gasteiger partial charge is 0.335 e. The Bertz CT molecular complexity index is 478. The maximum atomic E-state index is 13.7. The van der Waals surface area contributed by atoms with Gasteiger partial charge in [0.2, 0.25) is 0 Å². The van der Waals surface area contributed by atoms with Gasteiger partial charge in [0, 0.05) is 6.04 Å². The van der Waals surface area contributed by atoms with Crippen LogP contribution >= 0.6 is 0 Å². The van der Waals surface area contributed by atoms with E-state index in [0.29, 0.717) is 12.6 Å². The average Bonchev–Trinajstić information content (AvgIpc) is 2.42. The number of carboxylic acid groups (broad SMARTS) is 1. The molecule has 20 heavy (non-hydrogen) atoms. The van der Waals surface area contributed by atoms with Crippen LogP contribution in [0.5, 0.6) is 5.75 Å². The number of aromatic carboxylic acids is 1. The lowest BCUT2D eigenvalue weighted by atomic mass is 10.0. The number of hydrogen-bond acceptors (Lipinski definition) is 3. The second-order valence-electron chi connectivity index (χ2n) is 5.22. The normalized spacial score (nSPS) is 19.8. The minimum Gasteiger partial charge on any atom is -0.490 e. The molecule has 1 aromatic rings. The summed E-state index contributed by atoms with van der Waals surface area (Å²) in [5.41, 5.74) is -0.0677. The van der Waals surface area contributed by atoms with Crippen molar-refractivity contribution in [2.24, 2.45) is 0 Å². The lowest BCUT2D eigenvalue weighted by Gasteiger charge is -2.32. The summed E-state index contributed by atoms with van der Waals surface area (Å²) in [6.45, 7) is 1.55. The van der Waals surface area contributed by atoms with Gasteiger partial charge in [0.05, 0.1) is 12.2 Å². The van der Waals surface area contributed by atoms with Crippen LogP contribution in [0, 0.1) is 5.82 Å². The zero-order valence-electron chi connectivity index (χ0n) is 11.6. The molecule has 1 heterocycles. The highest BCUT2D eigenvalue weighted by Crippen LogP contribution is 2.21. The fourth-order valence-corrected chi connectivity index (χ4v) is 2.56. The molecule has 1 atom stereocenters. The Hall–Kier alpha value is -1.62. The van der Waals surface area contributed by atoms with Crippen LogP contribution in [0.2, 0.25) is 0 Å². The van der Waals surface area contributed by atoms with Crippen molar-refractivity contribution in [3.05, 3.63) is 29.6 Å². The van der Waals surface area contributed by atoms with E-state index >= 15 is 0 Å². The van der Waals surface area contributed by atoms with E-state index in [-0.39, 0.29) is 11.3 Å². The molecule has 110 valence electrons. The van der Waals surface area contributed by atoms with Crippen LogP contribution in [0.25, 0.3) is 0 Å². The average molecular weight is 281 g/mol. The first-order chi connectivity index (χ1) is 9.58. The molecule has 0 radical (unpaired) electrons. The zero-order chi connectivity index (χ0) is 14.5. The second-order valence-corrected chi connectivity index (χ2v) is 5.22. The second kappa shape index (κ2) is 6.70. The summed E-state index contributed by atoms with van der Waals surface area (Å²) >= 11 is 0. The van der Waals surface area contributed by atoms with Gasteiger partial charge < -0.3 is 14.7 Å². The minimum absolute atomic E-state index is 0.0677. The van der Waals surface area contributed by atoms with E-state index in [9.17, 15) is 9.18 Å². The molecular formula is C15H20FNO3. The lowest BCUT2D eigenvalue weighted by Crippen LogP contribution is -2.37. The maximum absolute atomic E-state index is 13.7. The lowest BCUT2D eigenvalue weighted by molar-refractivity contribution is 0.0696. The number of piperidine rings is 1. The van der Waals surface area contributed by atoms with Crippen molar-refractivity contribution in [1.82, 2.24) is 4.90 Å². The van der Waals surface area contributed by atoms with Gasteiger partial charge in [0.25, 0.3) is 0 Å². The van der Waals surface area contributed by atoms with Crippen molar-refractivity contribution in [3.63, 3.8) is 0 Å². The number of rotatable bonds is 5. The van der Waals surface area contributed by atoms with Crippen LogP contribution in [-0.4, -0.2) is 42.2 Å². The zero-order valence-corrected chi connectivity index (χ0v) is 11.6. The van der Waals surface area contributed by atoms with Gasteiger partial charge in [-0.3, -0.25) is 0 Å². The number of nitrogens with zero attached hydrogens (tertiary/aromatic N) is 1. The third-order valence-corrected chi connectivity index (χ3v) is 3.81. The van der Waals surface area contributed by atoms with Crippen LogP contribution in [0.15, 0.2) is 18.2 Å². The highest BCUT2D eigenvalue weighted by Gasteiger charge is 2.18. The van der Waals surface area contributed by atoms with Crippen LogP contribution in [0.4, 0.5) is 4.39 Å². The van der Waals surface area contributed by atoms with Gasteiger partial charge in [0.1, 0.15) is 0 Å². The first kappa shape index (κ1) is 14.8. The summed E-state index contributed by atoms with van der Waals surface area (Å²) in [7, 11) is 2.10. The molecule has 0 saturated carbocycles. The minimum atomic E-state index is -1.14. The quantitative estimate of drug-likeness (QED) is 0.901. The standard InChI is InChI=1S/C15H20FNO3/c1-17-8-3-2-4-12(17)7-9-20-14-6-5-11(15(18)19)10-13(14)16/h5-6,10,12H,2-4,7-9H2,1H3,(H,18,19). The Morgan fingerprint density at radius 2 is 2.30 bits per heavy atom. The molecule has 0 amide bonds. The molecule has 4 nitrogen and oxygen atoms in total. The molecular weight excluding hydrogens is 261 g/mol. The van der Waals surface area contributed by atoms with Crippen LogP contribution in [0.1, 0.15) is 36.0 Å². The molecule has 1 unspecified atom stereocenters. The van der Waals surface area contributed by atoms with Gasteiger partial charge in [-0.05, 0) is 51.1 Å². The number of hydrogen-bond donors (Lipinski definition) is 1. The van der Waals surface area contributed by atoms with E-state index in [0.717, 1.165) is 25.5 Å². The molecule has 0 aliphatic carbocycles. The van der Waals surface area contributed by atoms with Crippen molar-refractivity contribution < 1.29 is 19.0 Å². The number of benzene rings is 1. The number of likely N-dealkylation sites (tertiary alicyclic amines) is 1. The van der Waals surface area contributed by atoms with Crippen LogP contribution in [0.3, 0.4) is 0 Å². The van der Waals surface area contributed by atoms with E-state index in [2.05, 4.69) is 11.9 Å². The van der Waals surface area contributed by atoms with Crippen LogP contribution < -0.4 is 4.74 Å². The summed E-state index contributed by atoms with van der Waals surface area (Å²) in [5, 5.41) is 8.76. The van der Waals surface area contributed by atoms with E-state index in [1.54, 1.807) is 0 Å². The fourth-order valence-electron chi connectivity index (χ4n) is 2.56. The maximum Gasteiger partial charge on any atom is 0.335 e. The third-order valence-electron chi connectivity index (χ3n) is 3.81. The molecule has 1 saturated heterocycles. The predicted molar refractivity (Wildman–Crippen MR) is 73.7 cm³/mol. The number of ether oxygens (including phenoxy) is 1. The van der Waals surface area contributed by atoms with Crippen molar-refractivity contribution in [1.29, 1.82) is 0 Å².